The summed E-state index contributed by atoms with van der Waals surface area (Å²) in [5, 5.41) is 0. The highest BCUT2D eigenvalue weighted by atomic mass is 32.2. The second-order valence-electron chi connectivity index (χ2n) is 4.44. The Morgan fingerprint density at radius 2 is 2.00 bits per heavy atom. The average molecular weight is 256 g/mol. The third-order valence-electron chi connectivity index (χ3n) is 2.87. The van der Waals surface area contributed by atoms with Crippen molar-refractivity contribution in [1.82, 2.24) is 4.72 Å². The van der Waals surface area contributed by atoms with Crippen LogP contribution in [0.5, 0.6) is 0 Å². The lowest BCUT2D eigenvalue weighted by atomic mass is 10.1. The number of aryl methyl sites for hydroxylation is 1. The summed E-state index contributed by atoms with van der Waals surface area (Å²) < 4.78 is 26.8. The highest BCUT2D eigenvalue weighted by molar-refractivity contribution is 7.89. The SMILES string of the molecule is Cc1cccc(S(=O)(=O)NC(C)C(C)CN)c1. The molecule has 0 aromatic heterocycles. The smallest absolute Gasteiger partial charge is 0.240 e. The van der Waals surface area contributed by atoms with Gasteiger partial charge in [-0.1, -0.05) is 19.1 Å². The Morgan fingerprint density at radius 1 is 1.35 bits per heavy atom. The molecule has 4 nitrogen and oxygen atoms in total. The fourth-order valence-electron chi connectivity index (χ4n) is 1.42. The molecule has 2 atom stereocenters. The van der Waals surface area contributed by atoms with Gasteiger partial charge in [0.25, 0.3) is 0 Å². The summed E-state index contributed by atoms with van der Waals surface area (Å²) in [6, 6.07) is 6.67. The lowest BCUT2D eigenvalue weighted by Gasteiger charge is -2.19. The van der Waals surface area contributed by atoms with E-state index in [1.54, 1.807) is 18.2 Å². The molecule has 0 fully saturated rings. The molecule has 2 unspecified atom stereocenters. The molecule has 0 aliphatic carbocycles. The van der Waals surface area contributed by atoms with E-state index in [1.165, 1.54) is 0 Å². The van der Waals surface area contributed by atoms with Gasteiger partial charge in [0.2, 0.25) is 10.0 Å². The van der Waals surface area contributed by atoms with Crippen molar-refractivity contribution >= 4 is 10.0 Å². The number of benzene rings is 1. The predicted molar refractivity (Wildman–Crippen MR) is 69.2 cm³/mol. The van der Waals surface area contributed by atoms with Gasteiger partial charge in [0, 0.05) is 6.04 Å². The van der Waals surface area contributed by atoms with Gasteiger partial charge in [0.1, 0.15) is 0 Å². The molecule has 0 aliphatic rings. The van der Waals surface area contributed by atoms with Crippen LogP contribution >= 0.6 is 0 Å². The molecule has 0 saturated heterocycles. The van der Waals surface area contributed by atoms with Crippen LogP contribution in [0, 0.1) is 12.8 Å². The predicted octanol–water partition coefficient (Wildman–Crippen LogP) is 1.26. The van der Waals surface area contributed by atoms with Crippen LogP contribution in [0.1, 0.15) is 19.4 Å². The maximum atomic E-state index is 12.1. The molecule has 0 amide bonds. The van der Waals surface area contributed by atoms with E-state index in [2.05, 4.69) is 4.72 Å². The van der Waals surface area contributed by atoms with E-state index >= 15 is 0 Å². The van der Waals surface area contributed by atoms with E-state index in [9.17, 15) is 8.42 Å². The Hall–Kier alpha value is -0.910. The zero-order valence-corrected chi connectivity index (χ0v) is 11.3. The lowest BCUT2D eigenvalue weighted by Crippen LogP contribution is -2.39. The lowest BCUT2D eigenvalue weighted by molar-refractivity contribution is 0.453. The summed E-state index contributed by atoms with van der Waals surface area (Å²) in [6.07, 6.45) is 0. The quantitative estimate of drug-likeness (QED) is 0.833. The second kappa shape index (κ2) is 5.62. The van der Waals surface area contributed by atoms with Gasteiger partial charge in [-0.3, -0.25) is 0 Å². The number of rotatable bonds is 5. The summed E-state index contributed by atoms with van der Waals surface area (Å²) in [4.78, 5) is 0.300. The topological polar surface area (TPSA) is 72.2 Å². The molecule has 0 aliphatic heterocycles. The fraction of sp³-hybridized carbons (Fsp3) is 0.500. The summed E-state index contributed by atoms with van der Waals surface area (Å²) in [5.74, 6) is 0.106. The van der Waals surface area contributed by atoms with Crippen molar-refractivity contribution in [1.29, 1.82) is 0 Å². The molecule has 0 radical (unpaired) electrons. The Kier molecular flexibility index (Phi) is 4.68. The van der Waals surface area contributed by atoms with Crippen LogP contribution in [0.4, 0.5) is 0 Å². The third kappa shape index (κ3) is 3.80. The molecule has 0 bridgehead atoms. The van der Waals surface area contributed by atoms with Gasteiger partial charge in [-0.15, -0.1) is 0 Å². The largest absolute Gasteiger partial charge is 0.330 e. The van der Waals surface area contributed by atoms with Crippen molar-refractivity contribution in [2.45, 2.75) is 31.7 Å². The molecule has 17 heavy (non-hydrogen) atoms. The molecule has 1 aromatic carbocycles. The molecule has 96 valence electrons. The molecular formula is C12H20N2O2S. The van der Waals surface area contributed by atoms with Crippen LogP contribution in [0.2, 0.25) is 0 Å². The van der Waals surface area contributed by atoms with Crippen molar-refractivity contribution in [2.24, 2.45) is 11.7 Å². The van der Waals surface area contributed by atoms with Gasteiger partial charge < -0.3 is 5.73 Å². The molecule has 0 spiro atoms. The number of sulfonamides is 1. The zero-order valence-electron chi connectivity index (χ0n) is 10.5. The summed E-state index contributed by atoms with van der Waals surface area (Å²) in [5.41, 5.74) is 6.44. The first-order valence-corrected chi connectivity index (χ1v) is 7.14. The fourth-order valence-corrected chi connectivity index (χ4v) is 2.87. The van der Waals surface area contributed by atoms with Crippen LogP contribution in [-0.2, 0) is 10.0 Å². The van der Waals surface area contributed by atoms with Gasteiger partial charge in [-0.05, 0) is 44.0 Å². The van der Waals surface area contributed by atoms with E-state index in [0.717, 1.165) is 5.56 Å². The molecule has 1 rings (SSSR count). The van der Waals surface area contributed by atoms with Gasteiger partial charge in [0.05, 0.1) is 4.90 Å². The first-order chi connectivity index (χ1) is 7.86. The van der Waals surface area contributed by atoms with E-state index in [4.69, 9.17) is 5.73 Å². The minimum Gasteiger partial charge on any atom is -0.330 e. The normalized spacial score (nSPS) is 15.5. The molecule has 1 aromatic rings. The summed E-state index contributed by atoms with van der Waals surface area (Å²) in [6.45, 7) is 6.07. The maximum Gasteiger partial charge on any atom is 0.240 e. The maximum absolute atomic E-state index is 12.1. The highest BCUT2D eigenvalue weighted by Gasteiger charge is 2.20. The number of hydrogen-bond acceptors (Lipinski definition) is 3. The Labute approximate surface area is 103 Å². The number of hydrogen-bond donors (Lipinski definition) is 2. The van der Waals surface area contributed by atoms with Crippen molar-refractivity contribution in [3.05, 3.63) is 29.8 Å². The second-order valence-corrected chi connectivity index (χ2v) is 6.15. The first kappa shape index (κ1) is 14.2. The van der Waals surface area contributed by atoms with E-state index in [-0.39, 0.29) is 12.0 Å². The van der Waals surface area contributed by atoms with E-state index < -0.39 is 10.0 Å². The van der Waals surface area contributed by atoms with Gasteiger partial charge in [-0.25, -0.2) is 13.1 Å². The minimum absolute atomic E-state index is 0.106. The molecule has 5 heteroatoms. The number of nitrogens with two attached hydrogens (primary N) is 1. The zero-order chi connectivity index (χ0) is 13.1. The van der Waals surface area contributed by atoms with E-state index in [0.29, 0.717) is 11.4 Å². The van der Waals surface area contributed by atoms with Gasteiger partial charge in [0.15, 0.2) is 0 Å². The Balaban J connectivity index is 2.89. The van der Waals surface area contributed by atoms with Gasteiger partial charge >= 0.3 is 0 Å². The van der Waals surface area contributed by atoms with Crippen LogP contribution in [-0.4, -0.2) is 21.0 Å². The summed E-state index contributed by atoms with van der Waals surface area (Å²) in [7, 11) is -3.44. The highest BCUT2D eigenvalue weighted by Crippen LogP contribution is 2.12. The van der Waals surface area contributed by atoms with Crippen LogP contribution < -0.4 is 10.5 Å². The monoisotopic (exact) mass is 256 g/mol. The van der Waals surface area contributed by atoms with Crippen molar-refractivity contribution in [3.8, 4) is 0 Å². The minimum atomic E-state index is -3.44. The van der Waals surface area contributed by atoms with Crippen molar-refractivity contribution in [3.63, 3.8) is 0 Å². The Morgan fingerprint density at radius 3 is 2.53 bits per heavy atom. The standard InChI is InChI=1S/C12H20N2O2S/c1-9-5-4-6-12(7-9)17(15,16)14-11(3)10(2)8-13/h4-7,10-11,14H,8,13H2,1-3H3. The molecule has 3 N–H and O–H groups in total. The van der Waals surface area contributed by atoms with E-state index in [1.807, 2.05) is 26.8 Å². The van der Waals surface area contributed by atoms with Crippen LogP contribution in [0.25, 0.3) is 0 Å². The molecular weight excluding hydrogens is 236 g/mol. The molecule has 0 heterocycles. The van der Waals surface area contributed by atoms with Crippen molar-refractivity contribution < 1.29 is 8.42 Å². The molecule has 0 saturated carbocycles. The summed E-state index contributed by atoms with van der Waals surface area (Å²) >= 11 is 0. The first-order valence-electron chi connectivity index (χ1n) is 5.66. The van der Waals surface area contributed by atoms with Crippen LogP contribution in [0.3, 0.4) is 0 Å². The van der Waals surface area contributed by atoms with Gasteiger partial charge in [-0.2, -0.15) is 0 Å². The Bertz CT molecular complexity index is 471. The third-order valence-corrected chi connectivity index (χ3v) is 4.42. The van der Waals surface area contributed by atoms with Crippen molar-refractivity contribution in [2.75, 3.05) is 6.54 Å². The average Bonchev–Trinajstić information content (AvgIpc) is 2.27. The van der Waals surface area contributed by atoms with Crippen LogP contribution in [0.15, 0.2) is 29.2 Å². The number of nitrogens with one attached hydrogen (secondary N) is 1.